The summed E-state index contributed by atoms with van der Waals surface area (Å²) in [6, 6.07) is 12.8. The zero-order valence-corrected chi connectivity index (χ0v) is 14.0. The van der Waals surface area contributed by atoms with Gasteiger partial charge in [0.1, 0.15) is 5.75 Å². The molecule has 1 N–H and O–H groups in total. The zero-order valence-electron chi connectivity index (χ0n) is 12.5. The number of nitrogens with one attached hydrogen (secondary N) is 1. The molecule has 0 fully saturated rings. The average Bonchev–Trinajstić information content (AvgIpc) is 2.54. The minimum Gasteiger partial charge on any atom is -0.495 e. The number of carbonyl (C=O) groups is 1. The van der Waals surface area contributed by atoms with E-state index in [1.54, 1.807) is 24.3 Å². The number of methoxy groups -OCH3 is 1. The molecule has 0 aromatic heterocycles. The van der Waals surface area contributed by atoms with Crippen LogP contribution in [0.5, 0.6) is 5.75 Å². The first-order valence-corrected chi connectivity index (χ1v) is 8.86. The van der Waals surface area contributed by atoms with Crippen LogP contribution in [0.1, 0.15) is 6.42 Å². The molecule has 0 radical (unpaired) electrons. The van der Waals surface area contributed by atoms with Crippen LogP contribution < -0.4 is 10.1 Å². The molecule has 0 bridgehead atoms. The second kappa shape index (κ2) is 7.48. The van der Waals surface area contributed by atoms with Crippen LogP contribution in [0.25, 0.3) is 0 Å². The maximum atomic E-state index is 12.2. The summed E-state index contributed by atoms with van der Waals surface area (Å²) in [5.74, 6) is -0.163. The van der Waals surface area contributed by atoms with Crippen molar-refractivity contribution in [2.24, 2.45) is 0 Å². The molecule has 0 aliphatic carbocycles. The molecule has 0 aliphatic rings. The highest BCUT2D eigenvalue weighted by atomic mass is 35.5. The van der Waals surface area contributed by atoms with Gasteiger partial charge >= 0.3 is 0 Å². The fraction of sp³-hybridized carbons (Fsp3) is 0.188. The van der Waals surface area contributed by atoms with Gasteiger partial charge in [-0.15, -0.1) is 0 Å². The maximum absolute atomic E-state index is 12.2. The van der Waals surface area contributed by atoms with Gasteiger partial charge < -0.3 is 10.1 Å². The summed E-state index contributed by atoms with van der Waals surface area (Å²) >= 11 is 5.74. The summed E-state index contributed by atoms with van der Waals surface area (Å²) in [4.78, 5) is 12.1. The molecule has 2 aromatic carbocycles. The molecular formula is C16H16ClNO4S. The Morgan fingerprint density at radius 1 is 1.13 bits per heavy atom. The number of halogens is 1. The van der Waals surface area contributed by atoms with Gasteiger partial charge in [0.25, 0.3) is 0 Å². The molecule has 0 aliphatic heterocycles. The number of rotatable bonds is 6. The van der Waals surface area contributed by atoms with E-state index in [4.69, 9.17) is 16.3 Å². The number of ether oxygens (including phenoxy) is 1. The van der Waals surface area contributed by atoms with Crippen molar-refractivity contribution >= 4 is 33.0 Å². The minimum atomic E-state index is -3.53. The van der Waals surface area contributed by atoms with Crippen LogP contribution in [0.4, 0.5) is 5.69 Å². The second-order valence-electron chi connectivity index (χ2n) is 4.77. The number of para-hydroxylation sites is 2. The Morgan fingerprint density at radius 3 is 2.43 bits per heavy atom. The lowest BCUT2D eigenvalue weighted by atomic mass is 10.3. The molecule has 1 amide bonds. The van der Waals surface area contributed by atoms with Gasteiger partial charge in [0.05, 0.1) is 23.4 Å². The molecule has 0 saturated carbocycles. The van der Waals surface area contributed by atoms with Gasteiger partial charge in [-0.05, 0) is 36.4 Å². The predicted molar refractivity (Wildman–Crippen MR) is 89.7 cm³/mol. The van der Waals surface area contributed by atoms with Crippen LogP contribution in [-0.2, 0) is 14.6 Å². The first-order valence-electron chi connectivity index (χ1n) is 6.83. The van der Waals surface area contributed by atoms with Gasteiger partial charge in [-0.2, -0.15) is 0 Å². The van der Waals surface area contributed by atoms with Gasteiger partial charge in [0.2, 0.25) is 5.91 Å². The molecule has 0 saturated heterocycles. The maximum Gasteiger partial charge on any atom is 0.225 e. The molecule has 5 nitrogen and oxygen atoms in total. The third kappa shape index (κ3) is 4.71. The SMILES string of the molecule is COc1ccccc1NC(=O)CCS(=O)(=O)c1ccc(Cl)cc1. The van der Waals surface area contributed by atoms with Gasteiger partial charge in [0, 0.05) is 11.4 Å². The lowest BCUT2D eigenvalue weighted by molar-refractivity contribution is -0.115. The van der Waals surface area contributed by atoms with Crippen LogP contribution in [0, 0.1) is 0 Å². The molecular weight excluding hydrogens is 338 g/mol. The van der Waals surface area contributed by atoms with Gasteiger partial charge in [-0.3, -0.25) is 4.79 Å². The molecule has 2 aromatic rings. The number of hydrogen-bond donors (Lipinski definition) is 1. The van der Waals surface area contributed by atoms with Gasteiger partial charge in [0.15, 0.2) is 9.84 Å². The van der Waals surface area contributed by atoms with Crippen molar-refractivity contribution in [3.8, 4) is 5.75 Å². The summed E-state index contributed by atoms with van der Waals surface area (Å²) in [6.45, 7) is 0. The molecule has 0 unspecified atom stereocenters. The largest absolute Gasteiger partial charge is 0.495 e. The Morgan fingerprint density at radius 2 is 1.78 bits per heavy atom. The fourth-order valence-electron chi connectivity index (χ4n) is 1.95. The van der Waals surface area contributed by atoms with Crippen molar-refractivity contribution in [3.63, 3.8) is 0 Å². The highest BCUT2D eigenvalue weighted by Crippen LogP contribution is 2.23. The van der Waals surface area contributed by atoms with Crippen LogP contribution in [0.3, 0.4) is 0 Å². The number of sulfone groups is 1. The Bertz CT molecular complexity index is 788. The Labute approximate surface area is 140 Å². The molecule has 0 spiro atoms. The van der Waals surface area contributed by atoms with E-state index >= 15 is 0 Å². The average molecular weight is 354 g/mol. The third-order valence-corrected chi connectivity index (χ3v) is 5.14. The van der Waals surface area contributed by atoms with E-state index in [-0.39, 0.29) is 17.1 Å². The first kappa shape index (κ1) is 17.3. The molecule has 23 heavy (non-hydrogen) atoms. The monoisotopic (exact) mass is 353 g/mol. The smallest absolute Gasteiger partial charge is 0.225 e. The zero-order chi connectivity index (χ0) is 16.9. The highest BCUT2D eigenvalue weighted by molar-refractivity contribution is 7.91. The summed E-state index contributed by atoms with van der Waals surface area (Å²) in [5, 5.41) is 3.10. The molecule has 7 heteroatoms. The van der Waals surface area contributed by atoms with Crippen LogP contribution in [0.2, 0.25) is 5.02 Å². The number of carbonyl (C=O) groups excluding carboxylic acids is 1. The van der Waals surface area contributed by atoms with Crippen molar-refractivity contribution < 1.29 is 17.9 Å². The van der Waals surface area contributed by atoms with Crippen molar-refractivity contribution in [1.29, 1.82) is 0 Å². The lowest BCUT2D eigenvalue weighted by Crippen LogP contribution is -2.17. The molecule has 0 atom stereocenters. The third-order valence-electron chi connectivity index (χ3n) is 3.15. The summed E-state index contributed by atoms with van der Waals surface area (Å²) in [6.07, 6.45) is -0.150. The number of hydrogen-bond acceptors (Lipinski definition) is 4. The second-order valence-corrected chi connectivity index (χ2v) is 7.32. The van der Waals surface area contributed by atoms with Crippen molar-refractivity contribution in [1.82, 2.24) is 0 Å². The van der Waals surface area contributed by atoms with Gasteiger partial charge in [-0.1, -0.05) is 23.7 Å². The summed E-state index contributed by atoms with van der Waals surface area (Å²) in [7, 11) is -2.03. The van der Waals surface area contributed by atoms with Crippen molar-refractivity contribution in [3.05, 3.63) is 53.6 Å². The van der Waals surface area contributed by atoms with Crippen molar-refractivity contribution in [2.75, 3.05) is 18.2 Å². The Kier molecular flexibility index (Phi) is 5.63. The van der Waals surface area contributed by atoms with E-state index in [2.05, 4.69) is 5.32 Å². The van der Waals surface area contributed by atoms with E-state index < -0.39 is 15.7 Å². The van der Waals surface area contributed by atoms with Crippen LogP contribution >= 0.6 is 11.6 Å². The van der Waals surface area contributed by atoms with E-state index in [0.717, 1.165) is 0 Å². The quantitative estimate of drug-likeness (QED) is 0.865. The highest BCUT2D eigenvalue weighted by Gasteiger charge is 2.17. The van der Waals surface area contributed by atoms with Gasteiger partial charge in [-0.25, -0.2) is 8.42 Å². The van der Waals surface area contributed by atoms with Crippen LogP contribution in [-0.4, -0.2) is 27.2 Å². The predicted octanol–water partition coefficient (Wildman–Crippen LogP) is 3.15. The minimum absolute atomic E-state index is 0.145. The molecule has 0 heterocycles. The normalized spacial score (nSPS) is 11.0. The standard InChI is InChI=1S/C16H16ClNO4S/c1-22-15-5-3-2-4-14(15)18-16(19)10-11-23(20,21)13-8-6-12(17)7-9-13/h2-9H,10-11H2,1H3,(H,18,19). The Balaban J connectivity index is 2.00. The van der Waals surface area contributed by atoms with Crippen molar-refractivity contribution in [2.45, 2.75) is 11.3 Å². The number of amides is 1. The molecule has 122 valence electrons. The van der Waals surface area contributed by atoms with E-state index in [1.807, 2.05) is 0 Å². The topological polar surface area (TPSA) is 72.5 Å². The van der Waals surface area contributed by atoms with E-state index in [9.17, 15) is 13.2 Å². The van der Waals surface area contributed by atoms with E-state index in [1.165, 1.54) is 31.4 Å². The van der Waals surface area contributed by atoms with E-state index in [0.29, 0.717) is 16.5 Å². The number of anilines is 1. The molecule has 2 rings (SSSR count). The lowest BCUT2D eigenvalue weighted by Gasteiger charge is -2.10. The Hall–Kier alpha value is -2.05. The summed E-state index contributed by atoms with van der Waals surface area (Å²) in [5.41, 5.74) is 0.504. The number of benzene rings is 2. The fourth-order valence-corrected chi connectivity index (χ4v) is 3.31. The van der Waals surface area contributed by atoms with Crippen LogP contribution in [0.15, 0.2) is 53.4 Å². The summed E-state index contributed by atoms with van der Waals surface area (Å²) < 4.78 is 29.5. The first-order chi connectivity index (χ1) is 10.9.